The number of guanidine groups is 1. The second-order valence-electron chi connectivity index (χ2n) is 8.11. The van der Waals surface area contributed by atoms with E-state index in [9.17, 15) is 5.11 Å². The molecule has 7 heteroatoms. The Morgan fingerprint density at radius 1 is 1.14 bits per heavy atom. The van der Waals surface area contributed by atoms with Crippen LogP contribution in [0.2, 0.25) is 0 Å². The molecule has 1 aromatic rings. The summed E-state index contributed by atoms with van der Waals surface area (Å²) in [6.45, 7) is 7.02. The Bertz CT molecular complexity index is 654. The lowest BCUT2D eigenvalue weighted by Gasteiger charge is -2.38. The molecule has 3 fully saturated rings. The van der Waals surface area contributed by atoms with Crippen LogP contribution >= 0.6 is 24.0 Å². The van der Waals surface area contributed by atoms with Crippen LogP contribution < -0.4 is 10.2 Å². The molecule has 4 rings (SSSR count). The first-order valence-electron chi connectivity index (χ1n) is 10.5. The number of hydrogen-bond acceptors (Lipinski definition) is 4. The summed E-state index contributed by atoms with van der Waals surface area (Å²) >= 11 is 0. The van der Waals surface area contributed by atoms with Crippen LogP contribution in [0.3, 0.4) is 0 Å². The number of hydrogen-bond donors (Lipinski definition) is 2. The quantitative estimate of drug-likeness (QED) is 0.343. The highest BCUT2D eigenvalue weighted by Crippen LogP contribution is 2.34. The fourth-order valence-corrected chi connectivity index (χ4v) is 4.03. The number of piperazine rings is 1. The van der Waals surface area contributed by atoms with E-state index in [-0.39, 0.29) is 24.0 Å². The van der Waals surface area contributed by atoms with Crippen LogP contribution in [-0.4, -0.2) is 79.8 Å². The van der Waals surface area contributed by atoms with Crippen molar-refractivity contribution in [2.45, 2.75) is 31.7 Å². The van der Waals surface area contributed by atoms with E-state index >= 15 is 0 Å². The topological polar surface area (TPSA) is 54.3 Å². The fraction of sp³-hybridized carbons (Fsp3) is 0.667. The van der Waals surface area contributed by atoms with E-state index in [4.69, 9.17) is 0 Å². The van der Waals surface area contributed by atoms with Gasteiger partial charge < -0.3 is 20.2 Å². The molecule has 1 heterocycles. The van der Waals surface area contributed by atoms with Crippen molar-refractivity contribution in [3.63, 3.8) is 0 Å². The molecule has 0 radical (unpaired) electrons. The monoisotopic (exact) mass is 499 g/mol. The van der Waals surface area contributed by atoms with Gasteiger partial charge in [0.1, 0.15) is 5.75 Å². The average Bonchev–Trinajstić information content (AvgIpc) is 3.59. The van der Waals surface area contributed by atoms with Crippen LogP contribution in [0.4, 0.5) is 5.69 Å². The number of anilines is 1. The van der Waals surface area contributed by atoms with E-state index in [0.29, 0.717) is 5.75 Å². The van der Waals surface area contributed by atoms with Gasteiger partial charge in [-0.3, -0.25) is 9.89 Å². The largest absolute Gasteiger partial charge is 0.506 e. The van der Waals surface area contributed by atoms with Crippen molar-refractivity contribution in [2.75, 3.05) is 57.8 Å². The second-order valence-corrected chi connectivity index (χ2v) is 8.11. The lowest BCUT2D eigenvalue weighted by atomic mass is 10.2. The minimum Gasteiger partial charge on any atom is -0.506 e. The number of phenolic OH excluding ortho intramolecular Hbond substituents is 1. The van der Waals surface area contributed by atoms with Crippen LogP contribution in [0, 0.1) is 5.92 Å². The average molecular weight is 499 g/mol. The summed E-state index contributed by atoms with van der Waals surface area (Å²) in [7, 11) is 1.88. The number of aliphatic imine (C=N–C) groups is 1. The number of nitrogens with zero attached hydrogens (tertiary/aromatic N) is 4. The lowest BCUT2D eigenvalue weighted by molar-refractivity contribution is 0.255. The third kappa shape index (κ3) is 5.65. The predicted molar refractivity (Wildman–Crippen MR) is 126 cm³/mol. The van der Waals surface area contributed by atoms with Gasteiger partial charge in [0, 0.05) is 58.9 Å². The van der Waals surface area contributed by atoms with Crippen molar-refractivity contribution in [2.24, 2.45) is 10.9 Å². The van der Waals surface area contributed by atoms with Gasteiger partial charge in [-0.15, -0.1) is 24.0 Å². The van der Waals surface area contributed by atoms with Crippen LogP contribution in [0.5, 0.6) is 5.75 Å². The van der Waals surface area contributed by atoms with Crippen molar-refractivity contribution >= 4 is 35.6 Å². The molecule has 1 saturated heterocycles. The molecular weight excluding hydrogens is 465 g/mol. The van der Waals surface area contributed by atoms with E-state index in [1.54, 1.807) is 6.07 Å². The maximum Gasteiger partial charge on any atom is 0.193 e. The highest BCUT2D eigenvalue weighted by Gasteiger charge is 2.33. The highest BCUT2D eigenvalue weighted by atomic mass is 127. The van der Waals surface area contributed by atoms with Crippen molar-refractivity contribution in [3.05, 3.63) is 24.3 Å². The van der Waals surface area contributed by atoms with Gasteiger partial charge in [0.05, 0.1) is 5.69 Å². The van der Waals surface area contributed by atoms with Crippen LogP contribution in [0.15, 0.2) is 29.3 Å². The molecular formula is C21H34IN5O. The SMILES string of the molecule is CN=C(NCCN(CC1CC1)C1CC1)N1CCN(c2ccccc2O)CC1.I. The number of nitrogens with one attached hydrogen (secondary N) is 1. The molecule has 0 atom stereocenters. The molecule has 0 bridgehead atoms. The molecule has 1 aromatic carbocycles. The van der Waals surface area contributed by atoms with Gasteiger partial charge in [-0.25, -0.2) is 0 Å². The van der Waals surface area contributed by atoms with E-state index in [1.807, 2.05) is 25.2 Å². The lowest BCUT2D eigenvalue weighted by Crippen LogP contribution is -2.53. The van der Waals surface area contributed by atoms with Crippen molar-refractivity contribution in [1.29, 1.82) is 0 Å². The highest BCUT2D eigenvalue weighted by molar-refractivity contribution is 14.0. The Morgan fingerprint density at radius 3 is 2.46 bits per heavy atom. The summed E-state index contributed by atoms with van der Waals surface area (Å²) < 4.78 is 0. The van der Waals surface area contributed by atoms with Crippen LogP contribution in [0.1, 0.15) is 25.7 Å². The fourth-order valence-electron chi connectivity index (χ4n) is 4.03. The number of benzene rings is 1. The van der Waals surface area contributed by atoms with Crippen molar-refractivity contribution < 1.29 is 5.11 Å². The summed E-state index contributed by atoms with van der Waals surface area (Å²) in [5, 5.41) is 13.7. The summed E-state index contributed by atoms with van der Waals surface area (Å²) in [5.74, 6) is 2.34. The van der Waals surface area contributed by atoms with E-state index in [0.717, 1.165) is 62.9 Å². The molecule has 3 aliphatic rings. The molecule has 28 heavy (non-hydrogen) atoms. The molecule has 2 aliphatic carbocycles. The Hall–Kier alpha value is -1.22. The minimum absolute atomic E-state index is 0. The Kier molecular flexibility index (Phi) is 7.68. The number of para-hydroxylation sites is 2. The second kappa shape index (κ2) is 10.0. The van der Waals surface area contributed by atoms with Gasteiger partial charge in [0.2, 0.25) is 0 Å². The summed E-state index contributed by atoms with van der Waals surface area (Å²) in [5.41, 5.74) is 0.931. The van der Waals surface area contributed by atoms with E-state index in [2.05, 4.69) is 25.0 Å². The van der Waals surface area contributed by atoms with Crippen LogP contribution in [0.25, 0.3) is 0 Å². The maximum absolute atomic E-state index is 10.1. The van der Waals surface area contributed by atoms with E-state index < -0.39 is 0 Å². The van der Waals surface area contributed by atoms with Gasteiger partial charge >= 0.3 is 0 Å². The van der Waals surface area contributed by atoms with Crippen molar-refractivity contribution in [1.82, 2.24) is 15.1 Å². The Morgan fingerprint density at radius 2 is 1.86 bits per heavy atom. The Labute approximate surface area is 186 Å². The van der Waals surface area contributed by atoms with Crippen LogP contribution in [-0.2, 0) is 0 Å². The number of rotatable bonds is 7. The predicted octanol–water partition coefficient (Wildman–Crippen LogP) is 2.58. The third-order valence-electron chi connectivity index (χ3n) is 5.95. The molecule has 0 aromatic heterocycles. The first-order chi connectivity index (χ1) is 13.2. The number of halogens is 1. The van der Waals surface area contributed by atoms with E-state index in [1.165, 1.54) is 32.2 Å². The molecule has 6 nitrogen and oxygen atoms in total. The van der Waals surface area contributed by atoms with Gasteiger partial charge in [0.15, 0.2) is 5.96 Å². The number of aromatic hydroxyl groups is 1. The minimum atomic E-state index is 0. The zero-order chi connectivity index (χ0) is 18.6. The summed E-state index contributed by atoms with van der Waals surface area (Å²) in [6.07, 6.45) is 5.63. The van der Waals surface area contributed by atoms with Crippen molar-refractivity contribution in [3.8, 4) is 5.75 Å². The zero-order valence-electron chi connectivity index (χ0n) is 16.9. The first-order valence-corrected chi connectivity index (χ1v) is 10.5. The molecule has 2 N–H and O–H groups in total. The molecule has 1 aliphatic heterocycles. The molecule has 2 saturated carbocycles. The maximum atomic E-state index is 10.1. The van der Waals surface area contributed by atoms with Gasteiger partial charge in [-0.2, -0.15) is 0 Å². The smallest absolute Gasteiger partial charge is 0.193 e. The molecule has 0 spiro atoms. The Balaban J connectivity index is 0.00000225. The zero-order valence-corrected chi connectivity index (χ0v) is 19.2. The summed E-state index contributed by atoms with van der Waals surface area (Å²) in [6, 6.07) is 8.45. The van der Waals surface area contributed by atoms with Gasteiger partial charge in [-0.05, 0) is 43.7 Å². The normalized spacial score (nSPS) is 20.3. The summed E-state index contributed by atoms with van der Waals surface area (Å²) in [4.78, 5) is 11.8. The number of phenols is 1. The van der Waals surface area contributed by atoms with Gasteiger partial charge in [-0.1, -0.05) is 12.1 Å². The molecule has 156 valence electrons. The molecule has 0 unspecified atom stereocenters. The first kappa shape index (κ1) is 21.5. The van der Waals surface area contributed by atoms with Gasteiger partial charge in [0.25, 0.3) is 0 Å². The third-order valence-corrected chi connectivity index (χ3v) is 5.95. The molecule has 0 amide bonds. The standard InChI is InChI=1S/C21H33N5O.HI/c1-22-21(23-10-11-26(18-8-9-18)16-17-6-7-17)25-14-12-24(13-15-25)19-4-2-3-5-20(19)27;/h2-5,17-18,27H,6-16H2,1H3,(H,22,23);1H.